The van der Waals surface area contributed by atoms with Gasteiger partial charge in [-0.25, -0.2) is 4.79 Å². The van der Waals surface area contributed by atoms with E-state index >= 15 is 0 Å². The second-order valence-electron chi connectivity index (χ2n) is 5.65. The fraction of sp³-hybridized carbons (Fsp3) is 0.471. The first-order chi connectivity index (χ1) is 12.0. The molecule has 3 amide bonds. The fourth-order valence-electron chi connectivity index (χ4n) is 2.09. The number of benzene rings is 1. The van der Waals surface area contributed by atoms with Gasteiger partial charge in [-0.2, -0.15) is 0 Å². The molecule has 2 rings (SSSR count). The molecule has 0 saturated carbocycles. The molecule has 25 heavy (non-hydrogen) atoms. The Bertz CT molecular complexity index is 646. The second kappa shape index (κ2) is 8.91. The van der Waals surface area contributed by atoms with Crippen LogP contribution in [0.5, 0.6) is 11.5 Å². The number of hydrogen-bond donors (Lipinski definition) is 2. The molecule has 0 unspecified atom stereocenters. The lowest BCUT2D eigenvalue weighted by Gasteiger charge is -2.18. The van der Waals surface area contributed by atoms with Gasteiger partial charge in [0, 0.05) is 6.04 Å². The summed E-state index contributed by atoms with van der Waals surface area (Å²) in [7, 11) is 0. The predicted octanol–water partition coefficient (Wildman–Crippen LogP) is 1.17. The lowest BCUT2D eigenvalue weighted by Crippen LogP contribution is -2.44. The topological polar surface area (TPSA) is 103 Å². The highest BCUT2D eigenvalue weighted by atomic mass is 16.6. The van der Waals surface area contributed by atoms with Crippen molar-refractivity contribution in [1.82, 2.24) is 10.6 Å². The van der Waals surface area contributed by atoms with Crippen molar-refractivity contribution in [3.05, 3.63) is 23.8 Å². The van der Waals surface area contributed by atoms with Gasteiger partial charge in [0.25, 0.3) is 5.91 Å². The third-order valence-corrected chi connectivity index (χ3v) is 3.56. The first kappa shape index (κ1) is 18.6. The lowest BCUT2D eigenvalue weighted by molar-refractivity contribution is -0.147. The van der Waals surface area contributed by atoms with E-state index in [1.54, 1.807) is 18.2 Å². The Balaban J connectivity index is 1.75. The molecule has 0 aromatic heterocycles. The van der Waals surface area contributed by atoms with Gasteiger partial charge in [0.2, 0.25) is 0 Å². The van der Waals surface area contributed by atoms with Crippen LogP contribution in [0.4, 0.5) is 4.79 Å². The Labute approximate surface area is 145 Å². The van der Waals surface area contributed by atoms with Gasteiger partial charge in [-0.1, -0.05) is 13.0 Å². The maximum Gasteiger partial charge on any atom is 0.321 e. The van der Waals surface area contributed by atoms with E-state index in [0.29, 0.717) is 30.3 Å². The van der Waals surface area contributed by atoms with Crippen LogP contribution in [0.2, 0.25) is 0 Å². The summed E-state index contributed by atoms with van der Waals surface area (Å²) in [5.74, 6) is -0.0448. The molecule has 0 spiro atoms. The smallest absolute Gasteiger partial charge is 0.321 e. The average Bonchev–Trinajstić information content (AvgIpc) is 2.59. The normalized spacial score (nSPS) is 13.5. The molecule has 1 aromatic carbocycles. The van der Waals surface area contributed by atoms with Crippen LogP contribution in [0.25, 0.3) is 0 Å². The molecule has 1 atom stereocenters. The van der Waals surface area contributed by atoms with E-state index in [2.05, 4.69) is 10.6 Å². The number of nitrogens with one attached hydrogen (secondary N) is 2. The Morgan fingerprint density at radius 1 is 1.20 bits per heavy atom. The van der Waals surface area contributed by atoms with Crippen molar-refractivity contribution < 1.29 is 28.6 Å². The monoisotopic (exact) mass is 350 g/mol. The highest BCUT2D eigenvalue weighted by molar-refractivity contribution is 5.95. The van der Waals surface area contributed by atoms with E-state index in [-0.39, 0.29) is 12.5 Å². The van der Waals surface area contributed by atoms with Crippen molar-refractivity contribution in [1.29, 1.82) is 0 Å². The number of fused-ring (bicyclic) bond motifs is 1. The van der Waals surface area contributed by atoms with E-state index < -0.39 is 24.5 Å². The van der Waals surface area contributed by atoms with Crippen LogP contribution < -0.4 is 20.1 Å². The minimum Gasteiger partial charge on any atom is -0.486 e. The van der Waals surface area contributed by atoms with Crippen LogP contribution in [0.3, 0.4) is 0 Å². The molecular weight excluding hydrogens is 328 g/mol. The molecule has 136 valence electrons. The third kappa shape index (κ3) is 5.98. The molecule has 0 fully saturated rings. The molecule has 1 aromatic rings. The molecule has 8 heteroatoms. The van der Waals surface area contributed by atoms with Crippen molar-refractivity contribution in [3.8, 4) is 11.5 Å². The Morgan fingerprint density at radius 3 is 2.64 bits per heavy atom. The maximum atomic E-state index is 11.8. The van der Waals surface area contributed by atoms with Crippen LogP contribution in [-0.2, 0) is 20.7 Å². The Kier molecular flexibility index (Phi) is 6.62. The van der Waals surface area contributed by atoms with E-state index in [1.165, 1.54) is 0 Å². The van der Waals surface area contributed by atoms with Crippen molar-refractivity contribution in [2.24, 2.45) is 0 Å². The number of rotatable bonds is 6. The van der Waals surface area contributed by atoms with Gasteiger partial charge in [-0.05, 0) is 31.0 Å². The number of ether oxygens (including phenoxy) is 3. The predicted molar refractivity (Wildman–Crippen MR) is 88.5 cm³/mol. The number of carbonyl (C=O) groups is 3. The summed E-state index contributed by atoms with van der Waals surface area (Å²) in [5.41, 5.74) is 0.684. The van der Waals surface area contributed by atoms with Gasteiger partial charge in [0.15, 0.2) is 18.1 Å². The summed E-state index contributed by atoms with van der Waals surface area (Å²) in [6, 6.07) is 4.50. The van der Waals surface area contributed by atoms with Crippen molar-refractivity contribution in [2.75, 3.05) is 19.8 Å². The maximum absolute atomic E-state index is 11.8. The molecule has 1 heterocycles. The molecule has 0 bridgehead atoms. The van der Waals surface area contributed by atoms with Crippen LogP contribution in [-0.4, -0.2) is 43.8 Å². The number of esters is 1. The number of amides is 3. The quantitative estimate of drug-likeness (QED) is 0.747. The zero-order chi connectivity index (χ0) is 18.2. The minimum atomic E-state index is -0.684. The number of urea groups is 1. The highest BCUT2D eigenvalue weighted by Crippen LogP contribution is 2.30. The van der Waals surface area contributed by atoms with E-state index in [1.807, 2.05) is 13.8 Å². The number of hydrogen-bond acceptors (Lipinski definition) is 6. The largest absolute Gasteiger partial charge is 0.486 e. The van der Waals surface area contributed by atoms with Gasteiger partial charge in [0.1, 0.15) is 13.2 Å². The Hall–Kier alpha value is -2.77. The summed E-state index contributed by atoms with van der Waals surface area (Å²) in [6.07, 6.45) is 0.731. The van der Waals surface area contributed by atoms with Gasteiger partial charge in [-0.3, -0.25) is 14.9 Å². The van der Waals surface area contributed by atoms with E-state index in [0.717, 1.165) is 6.42 Å². The molecule has 2 N–H and O–H groups in total. The molecule has 8 nitrogen and oxygen atoms in total. The zero-order valence-corrected chi connectivity index (χ0v) is 14.3. The van der Waals surface area contributed by atoms with Gasteiger partial charge in [-0.15, -0.1) is 0 Å². The fourth-order valence-corrected chi connectivity index (χ4v) is 2.09. The first-order valence-corrected chi connectivity index (χ1v) is 8.12. The van der Waals surface area contributed by atoms with Gasteiger partial charge in [0.05, 0.1) is 6.42 Å². The summed E-state index contributed by atoms with van der Waals surface area (Å²) >= 11 is 0. The zero-order valence-electron chi connectivity index (χ0n) is 14.3. The van der Waals surface area contributed by atoms with E-state index in [4.69, 9.17) is 14.2 Å². The SMILES string of the molecule is CC[C@@H](C)NC(=O)NC(=O)COC(=O)Cc1ccc2c(c1)OCCO2. The van der Waals surface area contributed by atoms with Gasteiger partial charge >= 0.3 is 12.0 Å². The van der Waals surface area contributed by atoms with Crippen LogP contribution in [0, 0.1) is 0 Å². The highest BCUT2D eigenvalue weighted by Gasteiger charge is 2.15. The number of imide groups is 1. The van der Waals surface area contributed by atoms with Crippen LogP contribution >= 0.6 is 0 Å². The van der Waals surface area contributed by atoms with E-state index in [9.17, 15) is 14.4 Å². The lowest BCUT2D eigenvalue weighted by atomic mass is 10.1. The summed E-state index contributed by atoms with van der Waals surface area (Å²) in [6.45, 7) is 4.16. The summed E-state index contributed by atoms with van der Waals surface area (Å²) in [5, 5.41) is 4.68. The van der Waals surface area contributed by atoms with Crippen molar-refractivity contribution in [3.63, 3.8) is 0 Å². The number of carbonyl (C=O) groups excluding carboxylic acids is 3. The third-order valence-electron chi connectivity index (χ3n) is 3.56. The first-order valence-electron chi connectivity index (χ1n) is 8.12. The second-order valence-corrected chi connectivity index (χ2v) is 5.65. The molecule has 1 aliphatic heterocycles. The minimum absolute atomic E-state index is 0.0109. The average molecular weight is 350 g/mol. The standard InChI is InChI=1S/C17H22N2O6/c1-3-11(2)18-17(22)19-15(20)10-25-16(21)9-12-4-5-13-14(8-12)24-7-6-23-13/h4-5,8,11H,3,6-7,9-10H2,1-2H3,(H2,18,19,20,22)/t11-/m1/s1. The van der Waals surface area contributed by atoms with Gasteiger partial charge < -0.3 is 19.5 Å². The molecule has 1 aliphatic rings. The van der Waals surface area contributed by atoms with Crippen LogP contribution in [0.1, 0.15) is 25.8 Å². The van der Waals surface area contributed by atoms with Crippen LogP contribution in [0.15, 0.2) is 18.2 Å². The van der Waals surface area contributed by atoms with Crippen molar-refractivity contribution in [2.45, 2.75) is 32.7 Å². The Morgan fingerprint density at radius 2 is 1.92 bits per heavy atom. The molecule has 0 radical (unpaired) electrons. The van der Waals surface area contributed by atoms with Crippen molar-refractivity contribution >= 4 is 17.9 Å². The summed E-state index contributed by atoms with van der Waals surface area (Å²) in [4.78, 5) is 34.9. The molecule has 0 aliphatic carbocycles. The summed E-state index contributed by atoms with van der Waals surface area (Å²) < 4.78 is 15.7. The molecule has 0 saturated heterocycles. The molecular formula is C17H22N2O6.